The highest BCUT2D eigenvalue weighted by atomic mass is 16.4. The molecular formula is C21H20N6O3. The zero-order valence-corrected chi connectivity index (χ0v) is 16.4. The van der Waals surface area contributed by atoms with Crippen molar-refractivity contribution in [2.75, 3.05) is 0 Å². The van der Waals surface area contributed by atoms with Crippen LogP contribution in [0.1, 0.15) is 40.6 Å². The second-order valence-electron chi connectivity index (χ2n) is 6.94. The molecule has 0 fully saturated rings. The van der Waals surface area contributed by atoms with E-state index in [-0.39, 0.29) is 11.4 Å². The Bertz CT molecular complexity index is 1180. The summed E-state index contributed by atoms with van der Waals surface area (Å²) < 4.78 is 1.60. The van der Waals surface area contributed by atoms with E-state index in [1.807, 2.05) is 48.5 Å². The minimum Gasteiger partial charge on any atom is -0.477 e. The lowest BCUT2D eigenvalue weighted by molar-refractivity contribution is 0.0677. The van der Waals surface area contributed by atoms with Crippen molar-refractivity contribution >= 4 is 5.97 Å². The van der Waals surface area contributed by atoms with E-state index >= 15 is 0 Å². The summed E-state index contributed by atoms with van der Waals surface area (Å²) in [7, 11) is 0. The van der Waals surface area contributed by atoms with Crippen LogP contribution in [0.5, 0.6) is 0 Å². The van der Waals surface area contributed by atoms with Crippen molar-refractivity contribution in [3.63, 3.8) is 0 Å². The Kier molecular flexibility index (Phi) is 5.11. The summed E-state index contributed by atoms with van der Waals surface area (Å²) in [5.74, 6) is -0.0625. The second-order valence-corrected chi connectivity index (χ2v) is 6.94. The molecule has 4 rings (SSSR count). The molecule has 0 saturated carbocycles. The molecule has 2 aromatic heterocycles. The Morgan fingerprint density at radius 3 is 2.43 bits per heavy atom. The number of hydrogen-bond acceptors (Lipinski definition) is 6. The van der Waals surface area contributed by atoms with Gasteiger partial charge in [-0.25, -0.2) is 9.78 Å². The summed E-state index contributed by atoms with van der Waals surface area (Å²) >= 11 is 0. The molecule has 9 heteroatoms. The van der Waals surface area contributed by atoms with Crippen LogP contribution in [-0.4, -0.2) is 46.4 Å². The van der Waals surface area contributed by atoms with Crippen LogP contribution >= 0.6 is 0 Å². The van der Waals surface area contributed by atoms with Gasteiger partial charge in [-0.3, -0.25) is 0 Å². The third-order valence-corrected chi connectivity index (χ3v) is 4.90. The highest BCUT2D eigenvalue weighted by Gasteiger charge is 2.23. The minimum absolute atomic E-state index is 0.00836. The number of aryl methyl sites for hydroxylation is 1. The molecule has 0 bridgehead atoms. The van der Waals surface area contributed by atoms with Gasteiger partial charge >= 0.3 is 5.97 Å². The Balaban J connectivity index is 1.67. The maximum absolute atomic E-state index is 11.7. The molecule has 2 aromatic carbocycles. The van der Waals surface area contributed by atoms with E-state index in [2.05, 4.69) is 25.6 Å². The summed E-state index contributed by atoms with van der Waals surface area (Å²) in [6, 6.07) is 15.6. The average Bonchev–Trinajstić information content (AvgIpc) is 3.37. The Labute approximate surface area is 172 Å². The highest BCUT2D eigenvalue weighted by molar-refractivity contribution is 5.87. The van der Waals surface area contributed by atoms with E-state index in [4.69, 9.17) is 0 Å². The van der Waals surface area contributed by atoms with Crippen LogP contribution in [0.4, 0.5) is 0 Å². The molecule has 3 N–H and O–H groups in total. The van der Waals surface area contributed by atoms with E-state index in [1.165, 1.54) is 6.92 Å². The monoisotopic (exact) mass is 404 g/mol. The van der Waals surface area contributed by atoms with Gasteiger partial charge in [0.1, 0.15) is 11.5 Å². The molecule has 1 unspecified atom stereocenters. The van der Waals surface area contributed by atoms with Crippen LogP contribution in [-0.2, 0) is 6.54 Å². The molecular weight excluding hydrogens is 384 g/mol. The zero-order valence-electron chi connectivity index (χ0n) is 16.4. The molecule has 1 atom stereocenters. The molecule has 0 saturated heterocycles. The van der Waals surface area contributed by atoms with Gasteiger partial charge < -0.3 is 14.8 Å². The first-order valence-corrected chi connectivity index (χ1v) is 9.36. The van der Waals surface area contributed by atoms with Crippen LogP contribution in [0.25, 0.3) is 22.5 Å². The number of carbonyl (C=O) groups is 1. The van der Waals surface area contributed by atoms with Gasteiger partial charge in [0.25, 0.3) is 0 Å². The summed E-state index contributed by atoms with van der Waals surface area (Å²) in [6.45, 7) is 3.57. The second kappa shape index (κ2) is 7.88. The van der Waals surface area contributed by atoms with Gasteiger partial charge in [-0.1, -0.05) is 48.5 Å². The van der Waals surface area contributed by atoms with Gasteiger partial charge in [0.15, 0.2) is 5.69 Å². The number of aromatic amines is 1. The summed E-state index contributed by atoms with van der Waals surface area (Å²) in [6.07, 6.45) is -0.958. The van der Waals surface area contributed by atoms with E-state index in [1.54, 1.807) is 11.5 Å². The first kappa shape index (κ1) is 19.5. The van der Waals surface area contributed by atoms with Crippen molar-refractivity contribution in [1.29, 1.82) is 0 Å². The highest BCUT2D eigenvalue weighted by Crippen LogP contribution is 2.30. The number of carboxylic acids is 1. The lowest BCUT2D eigenvalue weighted by Crippen LogP contribution is -2.13. The van der Waals surface area contributed by atoms with Gasteiger partial charge in [-0.05, 0) is 35.8 Å². The lowest BCUT2D eigenvalue weighted by atomic mass is 9.98. The van der Waals surface area contributed by atoms with Crippen molar-refractivity contribution in [1.82, 2.24) is 30.2 Å². The third-order valence-electron chi connectivity index (χ3n) is 4.90. The summed E-state index contributed by atoms with van der Waals surface area (Å²) in [5, 5.41) is 33.7. The Hall–Kier alpha value is -3.85. The number of aromatic nitrogens is 6. The molecule has 0 aliphatic heterocycles. The Morgan fingerprint density at radius 1 is 1.13 bits per heavy atom. The molecule has 0 aliphatic carbocycles. The first-order chi connectivity index (χ1) is 14.5. The number of aliphatic hydroxyl groups excluding tert-OH is 1. The number of aromatic carboxylic acids is 1. The number of rotatable bonds is 6. The number of aliphatic hydroxyl groups is 1. The number of carboxylic acid groups (broad SMARTS) is 1. The molecule has 152 valence electrons. The van der Waals surface area contributed by atoms with E-state index in [0.29, 0.717) is 18.2 Å². The fourth-order valence-electron chi connectivity index (χ4n) is 3.48. The number of tetrazole rings is 1. The summed E-state index contributed by atoms with van der Waals surface area (Å²) in [4.78, 5) is 16.0. The third kappa shape index (κ3) is 3.58. The van der Waals surface area contributed by atoms with Gasteiger partial charge in [0, 0.05) is 12.1 Å². The van der Waals surface area contributed by atoms with Crippen molar-refractivity contribution in [2.45, 2.75) is 26.5 Å². The molecule has 30 heavy (non-hydrogen) atoms. The van der Waals surface area contributed by atoms with Crippen LogP contribution in [0.3, 0.4) is 0 Å². The van der Waals surface area contributed by atoms with Crippen LogP contribution in [0.15, 0.2) is 48.5 Å². The number of nitrogens with one attached hydrogen (secondary N) is 1. The molecule has 0 radical (unpaired) electrons. The van der Waals surface area contributed by atoms with Crippen LogP contribution < -0.4 is 0 Å². The number of benzene rings is 2. The maximum atomic E-state index is 11.7. The number of imidazole rings is 1. The average molecular weight is 404 g/mol. The van der Waals surface area contributed by atoms with Crippen LogP contribution in [0.2, 0.25) is 0 Å². The normalized spacial score (nSPS) is 12.1. The van der Waals surface area contributed by atoms with Gasteiger partial charge in [0.2, 0.25) is 5.82 Å². The molecule has 2 heterocycles. The molecule has 9 nitrogen and oxygen atoms in total. The molecule has 0 amide bonds. The molecule has 4 aromatic rings. The fourth-order valence-corrected chi connectivity index (χ4v) is 3.48. The first-order valence-electron chi connectivity index (χ1n) is 9.36. The van der Waals surface area contributed by atoms with Crippen molar-refractivity contribution in [3.8, 4) is 22.5 Å². The van der Waals surface area contributed by atoms with E-state index < -0.39 is 12.1 Å². The van der Waals surface area contributed by atoms with Crippen LogP contribution in [0, 0.1) is 6.92 Å². The maximum Gasteiger partial charge on any atom is 0.354 e. The quantitative estimate of drug-likeness (QED) is 0.450. The predicted octanol–water partition coefficient (Wildman–Crippen LogP) is 2.84. The topological polar surface area (TPSA) is 130 Å². The largest absolute Gasteiger partial charge is 0.477 e. The Morgan fingerprint density at radius 2 is 1.83 bits per heavy atom. The van der Waals surface area contributed by atoms with Gasteiger partial charge in [0.05, 0.1) is 6.10 Å². The predicted molar refractivity (Wildman–Crippen MR) is 109 cm³/mol. The van der Waals surface area contributed by atoms with Crippen molar-refractivity contribution in [3.05, 3.63) is 71.3 Å². The SMILES string of the molecule is Cc1nc(C(C)O)c(C(=O)O)n1Cc1ccc(-c2ccccc2-c2nn[nH]n2)cc1. The standard InChI is InChI=1S/C21H20N6O3/c1-12(28)18-19(21(29)30)27(13(2)22-18)11-14-7-9-15(10-8-14)16-5-3-4-6-17(16)20-23-25-26-24-20/h3-10,12,28H,11H2,1-2H3,(H,29,30)(H,23,24,25,26). The number of nitrogens with zero attached hydrogens (tertiary/aromatic N) is 5. The fraction of sp³-hybridized carbons (Fsp3) is 0.190. The smallest absolute Gasteiger partial charge is 0.354 e. The summed E-state index contributed by atoms with van der Waals surface area (Å²) in [5.41, 5.74) is 3.89. The number of H-pyrrole nitrogens is 1. The van der Waals surface area contributed by atoms with Crippen molar-refractivity contribution in [2.24, 2.45) is 0 Å². The van der Waals surface area contributed by atoms with Crippen molar-refractivity contribution < 1.29 is 15.0 Å². The number of hydrogen-bond donors (Lipinski definition) is 3. The molecule has 0 aliphatic rings. The van der Waals surface area contributed by atoms with Gasteiger partial charge in [-0.15, -0.1) is 10.2 Å². The van der Waals surface area contributed by atoms with Gasteiger partial charge in [-0.2, -0.15) is 5.21 Å². The zero-order chi connectivity index (χ0) is 21.3. The minimum atomic E-state index is -1.11. The lowest BCUT2D eigenvalue weighted by Gasteiger charge is -2.11. The van der Waals surface area contributed by atoms with E-state index in [9.17, 15) is 15.0 Å². The van der Waals surface area contributed by atoms with E-state index in [0.717, 1.165) is 22.3 Å². The molecule has 0 spiro atoms.